The van der Waals surface area contributed by atoms with E-state index >= 15 is 0 Å². The van der Waals surface area contributed by atoms with Gasteiger partial charge in [0.2, 0.25) is 11.3 Å². The van der Waals surface area contributed by atoms with E-state index in [4.69, 9.17) is 4.74 Å². The van der Waals surface area contributed by atoms with Crippen LogP contribution in [0.15, 0.2) is 59.7 Å². The Bertz CT molecular complexity index is 988. The summed E-state index contributed by atoms with van der Waals surface area (Å²) < 4.78 is 19.9. The highest BCUT2D eigenvalue weighted by Gasteiger charge is 2.17. The third-order valence-electron chi connectivity index (χ3n) is 3.65. The summed E-state index contributed by atoms with van der Waals surface area (Å²) in [6, 6.07) is 10.2. The Labute approximate surface area is 154 Å². The van der Waals surface area contributed by atoms with Crippen molar-refractivity contribution in [1.29, 1.82) is 0 Å². The Balaban J connectivity index is 1.93. The summed E-state index contributed by atoms with van der Waals surface area (Å²) in [4.78, 5) is 28.7. The van der Waals surface area contributed by atoms with Gasteiger partial charge in [0.25, 0.3) is 5.91 Å². The summed E-state index contributed by atoms with van der Waals surface area (Å²) in [5, 5.41) is 6.77. The Morgan fingerprint density at radius 2 is 2.04 bits per heavy atom. The van der Waals surface area contributed by atoms with Crippen LogP contribution < -0.4 is 15.5 Å². The van der Waals surface area contributed by atoms with Gasteiger partial charge in [-0.1, -0.05) is 6.07 Å². The molecule has 0 spiro atoms. The molecular weight excluding hydrogens is 351 g/mol. The van der Waals surface area contributed by atoms with Gasteiger partial charge in [0.05, 0.1) is 18.4 Å². The molecule has 0 aliphatic rings. The van der Waals surface area contributed by atoms with Gasteiger partial charge in [0.1, 0.15) is 5.82 Å². The zero-order valence-electron chi connectivity index (χ0n) is 14.6. The number of nitrogens with one attached hydrogen (secondary N) is 1. The Kier molecular flexibility index (Phi) is 5.55. The quantitative estimate of drug-likeness (QED) is 0.720. The fraction of sp³-hybridized carbons (Fsp3) is 0.158. The van der Waals surface area contributed by atoms with E-state index in [0.29, 0.717) is 12.3 Å². The van der Waals surface area contributed by atoms with Crippen molar-refractivity contribution in [1.82, 2.24) is 20.1 Å². The lowest BCUT2D eigenvalue weighted by atomic mass is 10.2. The average molecular weight is 368 g/mol. The highest BCUT2D eigenvalue weighted by atomic mass is 19.1. The predicted octanol–water partition coefficient (Wildman–Crippen LogP) is 2.10. The van der Waals surface area contributed by atoms with E-state index in [9.17, 15) is 14.0 Å². The lowest BCUT2D eigenvalue weighted by Crippen LogP contribution is -2.31. The van der Waals surface area contributed by atoms with Crippen molar-refractivity contribution in [2.45, 2.75) is 13.5 Å². The SMILES string of the molecule is CCOc1cc(=O)c(C(=O)NCc2cccnc2)nn1-c1ccc(F)cc1. The second-order valence-electron chi connectivity index (χ2n) is 5.56. The van der Waals surface area contributed by atoms with Crippen molar-refractivity contribution in [3.8, 4) is 11.6 Å². The van der Waals surface area contributed by atoms with Crippen molar-refractivity contribution >= 4 is 5.91 Å². The first kappa shape index (κ1) is 18.2. The van der Waals surface area contributed by atoms with Crippen LogP contribution in [0.1, 0.15) is 23.0 Å². The Hall–Kier alpha value is -3.55. The van der Waals surface area contributed by atoms with Crippen LogP contribution in [0, 0.1) is 5.82 Å². The molecule has 0 bridgehead atoms. The maximum atomic E-state index is 13.2. The van der Waals surface area contributed by atoms with E-state index in [1.54, 1.807) is 31.5 Å². The fourth-order valence-corrected chi connectivity index (χ4v) is 2.38. The lowest BCUT2D eigenvalue weighted by Gasteiger charge is -2.13. The summed E-state index contributed by atoms with van der Waals surface area (Å²) >= 11 is 0. The second-order valence-corrected chi connectivity index (χ2v) is 5.56. The molecule has 3 rings (SSSR count). The van der Waals surface area contributed by atoms with Crippen LogP contribution in [0.25, 0.3) is 5.69 Å². The van der Waals surface area contributed by atoms with E-state index < -0.39 is 17.2 Å². The van der Waals surface area contributed by atoms with Gasteiger partial charge in [-0.2, -0.15) is 5.10 Å². The molecule has 3 aromatic rings. The van der Waals surface area contributed by atoms with Crippen LogP contribution in [0.2, 0.25) is 0 Å². The number of halogens is 1. The molecule has 0 saturated carbocycles. The molecule has 2 aromatic heterocycles. The molecule has 8 heteroatoms. The van der Waals surface area contributed by atoms with E-state index in [2.05, 4.69) is 15.4 Å². The van der Waals surface area contributed by atoms with Crippen molar-refractivity contribution < 1.29 is 13.9 Å². The number of amides is 1. The summed E-state index contributed by atoms with van der Waals surface area (Å²) in [6.07, 6.45) is 3.24. The first-order valence-electron chi connectivity index (χ1n) is 8.28. The Morgan fingerprint density at radius 3 is 2.70 bits per heavy atom. The van der Waals surface area contributed by atoms with Crippen LogP contribution in [0.5, 0.6) is 5.88 Å². The van der Waals surface area contributed by atoms with Crippen LogP contribution in [-0.4, -0.2) is 27.3 Å². The largest absolute Gasteiger partial charge is 0.478 e. The minimum absolute atomic E-state index is 0.165. The fourth-order valence-electron chi connectivity index (χ4n) is 2.38. The first-order valence-corrected chi connectivity index (χ1v) is 8.28. The molecule has 0 aliphatic heterocycles. The van der Waals surface area contributed by atoms with Crippen molar-refractivity contribution in [2.75, 3.05) is 6.61 Å². The maximum Gasteiger partial charge on any atom is 0.276 e. The highest BCUT2D eigenvalue weighted by Crippen LogP contribution is 2.16. The molecule has 138 valence electrons. The first-order chi connectivity index (χ1) is 13.1. The van der Waals surface area contributed by atoms with Crippen LogP contribution in [0.3, 0.4) is 0 Å². The number of hydrogen-bond donors (Lipinski definition) is 1. The molecule has 27 heavy (non-hydrogen) atoms. The summed E-state index contributed by atoms with van der Waals surface area (Å²) in [5.41, 5.74) is 0.393. The van der Waals surface area contributed by atoms with Gasteiger partial charge in [0, 0.05) is 18.9 Å². The van der Waals surface area contributed by atoms with Crippen LogP contribution >= 0.6 is 0 Å². The lowest BCUT2D eigenvalue weighted by molar-refractivity contribution is 0.0942. The van der Waals surface area contributed by atoms with Crippen molar-refractivity contribution in [2.24, 2.45) is 0 Å². The molecular formula is C19H17FN4O3. The standard InChI is InChI=1S/C19H17FN4O3/c1-2-27-17-10-16(25)18(19(26)22-12-13-4-3-9-21-11-13)23-24(17)15-7-5-14(20)6-8-15/h3-11H,2,12H2,1H3,(H,22,26). The van der Waals surface area contributed by atoms with E-state index in [1.807, 2.05) is 0 Å². The number of hydrogen-bond acceptors (Lipinski definition) is 5. The molecule has 0 atom stereocenters. The monoisotopic (exact) mass is 368 g/mol. The molecule has 1 N–H and O–H groups in total. The third-order valence-corrected chi connectivity index (χ3v) is 3.65. The van der Waals surface area contributed by atoms with Gasteiger partial charge < -0.3 is 10.1 Å². The number of ether oxygens (including phenoxy) is 1. The van der Waals surface area contributed by atoms with E-state index in [1.165, 1.54) is 35.0 Å². The molecule has 2 heterocycles. The van der Waals surface area contributed by atoms with Gasteiger partial charge >= 0.3 is 0 Å². The van der Waals surface area contributed by atoms with Gasteiger partial charge in [0.15, 0.2) is 5.69 Å². The smallest absolute Gasteiger partial charge is 0.276 e. The molecule has 0 aliphatic carbocycles. The van der Waals surface area contributed by atoms with Gasteiger partial charge in [-0.3, -0.25) is 14.6 Å². The number of carbonyl (C=O) groups excluding carboxylic acids is 1. The summed E-state index contributed by atoms with van der Waals surface area (Å²) in [7, 11) is 0. The number of pyridine rings is 1. The minimum Gasteiger partial charge on any atom is -0.478 e. The van der Waals surface area contributed by atoms with Crippen LogP contribution in [0.4, 0.5) is 4.39 Å². The normalized spacial score (nSPS) is 10.4. The number of carbonyl (C=O) groups is 1. The van der Waals surface area contributed by atoms with E-state index in [-0.39, 0.29) is 18.1 Å². The van der Waals surface area contributed by atoms with Crippen molar-refractivity contribution in [3.63, 3.8) is 0 Å². The topological polar surface area (TPSA) is 86.1 Å². The molecule has 0 unspecified atom stereocenters. The maximum absolute atomic E-state index is 13.2. The zero-order valence-corrected chi connectivity index (χ0v) is 14.6. The minimum atomic E-state index is -0.622. The number of nitrogens with zero attached hydrogens (tertiary/aromatic N) is 3. The number of benzene rings is 1. The third kappa shape index (κ3) is 4.35. The van der Waals surface area contributed by atoms with Gasteiger partial charge in [-0.05, 0) is 42.8 Å². The molecule has 7 nitrogen and oxygen atoms in total. The molecule has 0 fully saturated rings. The van der Waals surface area contributed by atoms with Gasteiger partial charge in [-0.25, -0.2) is 9.07 Å². The molecule has 0 radical (unpaired) electrons. The predicted molar refractivity (Wildman–Crippen MR) is 96.4 cm³/mol. The van der Waals surface area contributed by atoms with Gasteiger partial charge in [-0.15, -0.1) is 0 Å². The van der Waals surface area contributed by atoms with Crippen molar-refractivity contribution in [3.05, 3.63) is 82.2 Å². The highest BCUT2D eigenvalue weighted by molar-refractivity contribution is 5.92. The summed E-state index contributed by atoms with van der Waals surface area (Å²) in [5.74, 6) is -0.868. The molecule has 1 aromatic carbocycles. The number of rotatable bonds is 6. The molecule has 1 amide bonds. The second kappa shape index (κ2) is 8.22. The summed E-state index contributed by atoms with van der Waals surface area (Å²) in [6.45, 7) is 2.26. The molecule has 0 saturated heterocycles. The zero-order chi connectivity index (χ0) is 19.2. The Morgan fingerprint density at radius 1 is 1.26 bits per heavy atom. The number of aromatic nitrogens is 3. The average Bonchev–Trinajstić information content (AvgIpc) is 2.68. The van der Waals surface area contributed by atoms with E-state index in [0.717, 1.165) is 5.56 Å². The van der Waals surface area contributed by atoms with Crippen LogP contribution in [-0.2, 0) is 6.54 Å².